The Morgan fingerprint density at radius 3 is 2.56 bits per heavy atom. The number of hydrogen-bond acceptors (Lipinski definition) is 3. The molecule has 0 aliphatic rings. The molecule has 1 aromatic heterocycles. The minimum Gasteiger partial charge on any atom is -0.488 e. The van der Waals surface area contributed by atoms with Gasteiger partial charge in [-0.3, -0.25) is 0 Å². The molecule has 0 unspecified atom stereocenters. The van der Waals surface area contributed by atoms with Gasteiger partial charge in [0.2, 0.25) is 0 Å². The molecule has 0 N–H and O–H groups in total. The molecular formula is C21H17N3O. The quantitative estimate of drug-likeness (QED) is 0.506. The second-order valence-electron chi connectivity index (χ2n) is 5.63. The van der Waals surface area contributed by atoms with E-state index in [-0.39, 0.29) is 0 Å². The summed E-state index contributed by atoms with van der Waals surface area (Å²) in [4.78, 5) is 4.35. The van der Waals surface area contributed by atoms with E-state index in [1.165, 1.54) is 0 Å². The maximum absolute atomic E-state index is 5.96. The molecule has 3 aromatic carbocycles. The molecule has 0 radical (unpaired) electrons. The number of hydrogen-bond donors (Lipinski definition) is 0. The topological polar surface area (TPSA) is 39.4 Å². The molecule has 1 heterocycles. The summed E-state index contributed by atoms with van der Waals surface area (Å²) in [6.45, 7) is 0.527. The molecule has 0 aliphatic carbocycles. The van der Waals surface area contributed by atoms with E-state index < -0.39 is 0 Å². The van der Waals surface area contributed by atoms with E-state index in [1.807, 2.05) is 78.9 Å². The van der Waals surface area contributed by atoms with Crippen LogP contribution in [0.3, 0.4) is 0 Å². The second kappa shape index (κ2) is 7.01. The number of ether oxygens (including phenoxy) is 1. The van der Waals surface area contributed by atoms with Gasteiger partial charge in [-0.15, -0.1) is 0 Å². The van der Waals surface area contributed by atoms with Gasteiger partial charge in [0, 0.05) is 5.56 Å². The maximum Gasteiger partial charge on any atom is 0.128 e. The molecule has 0 amide bonds. The fourth-order valence-corrected chi connectivity index (χ4v) is 2.62. The first-order valence-corrected chi connectivity index (χ1v) is 8.12. The number of fused-ring (bicyclic) bond motifs is 1. The molecular weight excluding hydrogens is 310 g/mol. The maximum atomic E-state index is 5.96. The van der Waals surface area contributed by atoms with Gasteiger partial charge in [-0.05, 0) is 29.8 Å². The van der Waals surface area contributed by atoms with E-state index >= 15 is 0 Å². The molecule has 25 heavy (non-hydrogen) atoms. The summed E-state index contributed by atoms with van der Waals surface area (Å²) in [5.41, 5.74) is 3.96. The van der Waals surface area contributed by atoms with E-state index in [9.17, 15) is 0 Å². The van der Waals surface area contributed by atoms with Crippen molar-refractivity contribution in [2.24, 2.45) is 5.10 Å². The van der Waals surface area contributed by atoms with Crippen molar-refractivity contribution in [2.75, 3.05) is 0 Å². The molecule has 0 saturated carbocycles. The zero-order chi connectivity index (χ0) is 16.9. The van der Waals surface area contributed by atoms with Crippen LogP contribution in [-0.4, -0.2) is 15.9 Å². The van der Waals surface area contributed by atoms with Crippen molar-refractivity contribution < 1.29 is 4.74 Å². The molecule has 4 heteroatoms. The Morgan fingerprint density at radius 2 is 1.64 bits per heavy atom. The summed E-state index contributed by atoms with van der Waals surface area (Å²) >= 11 is 0. The van der Waals surface area contributed by atoms with Crippen LogP contribution in [0.25, 0.3) is 11.0 Å². The minimum atomic E-state index is 0.527. The Labute approximate surface area is 146 Å². The van der Waals surface area contributed by atoms with Gasteiger partial charge in [0.25, 0.3) is 0 Å². The van der Waals surface area contributed by atoms with E-state index in [0.717, 1.165) is 27.9 Å². The summed E-state index contributed by atoms with van der Waals surface area (Å²) in [7, 11) is 0. The lowest BCUT2D eigenvalue weighted by Crippen LogP contribution is -1.98. The fourth-order valence-electron chi connectivity index (χ4n) is 2.62. The van der Waals surface area contributed by atoms with Crippen LogP contribution in [0, 0.1) is 0 Å². The highest BCUT2D eigenvalue weighted by Gasteiger charge is 2.03. The van der Waals surface area contributed by atoms with Gasteiger partial charge in [0.05, 0.1) is 17.2 Å². The number of para-hydroxylation sites is 3. The molecule has 4 nitrogen and oxygen atoms in total. The molecule has 0 fully saturated rings. The number of imidazole rings is 1. The normalized spacial score (nSPS) is 11.2. The van der Waals surface area contributed by atoms with Gasteiger partial charge in [-0.25, -0.2) is 9.66 Å². The summed E-state index contributed by atoms with van der Waals surface area (Å²) < 4.78 is 7.73. The van der Waals surface area contributed by atoms with E-state index in [1.54, 1.807) is 17.2 Å². The summed E-state index contributed by atoms with van der Waals surface area (Å²) in [5.74, 6) is 0.805. The third-order valence-corrected chi connectivity index (χ3v) is 3.91. The van der Waals surface area contributed by atoms with Crippen LogP contribution < -0.4 is 4.74 Å². The zero-order valence-electron chi connectivity index (χ0n) is 13.6. The van der Waals surface area contributed by atoms with Crippen molar-refractivity contribution in [1.82, 2.24) is 9.66 Å². The lowest BCUT2D eigenvalue weighted by molar-refractivity contribution is 0.306. The Kier molecular flexibility index (Phi) is 4.25. The first-order valence-electron chi connectivity index (χ1n) is 8.12. The largest absolute Gasteiger partial charge is 0.488 e. The van der Waals surface area contributed by atoms with Crippen molar-refractivity contribution in [2.45, 2.75) is 6.61 Å². The summed E-state index contributed by atoms with van der Waals surface area (Å²) in [6, 6.07) is 25.9. The molecule has 4 aromatic rings. The van der Waals surface area contributed by atoms with Crippen molar-refractivity contribution in [3.63, 3.8) is 0 Å². The van der Waals surface area contributed by atoms with Crippen LogP contribution in [0.5, 0.6) is 5.75 Å². The first kappa shape index (κ1) is 15.1. The smallest absolute Gasteiger partial charge is 0.128 e. The monoisotopic (exact) mass is 327 g/mol. The third-order valence-electron chi connectivity index (χ3n) is 3.91. The molecule has 122 valence electrons. The van der Waals surface area contributed by atoms with Gasteiger partial charge in [0.1, 0.15) is 18.7 Å². The van der Waals surface area contributed by atoms with Crippen molar-refractivity contribution in [3.05, 3.63) is 96.3 Å². The molecule has 0 spiro atoms. The van der Waals surface area contributed by atoms with Crippen LogP contribution in [0.2, 0.25) is 0 Å². The van der Waals surface area contributed by atoms with E-state index in [2.05, 4.69) is 10.1 Å². The number of benzene rings is 3. The highest BCUT2D eigenvalue weighted by Crippen LogP contribution is 2.18. The lowest BCUT2D eigenvalue weighted by atomic mass is 10.2. The van der Waals surface area contributed by atoms with E-state index in [0.29, 0.717) is 6.61 Å². The third kappa shape index (κ3) is 3.43. The molecule has 4 rings (SSSR count). The average Bonchev–Trinajstić information content (AvgIpc) is 3.09. The van der Waals surface area contributed by atoms with Crippen LogP contribution >= 0.6 is 0 Å². The highest BCUT2D eigenvalue weighted by molar-refractivity contribution is 5.84. The first-order chi connectivity index (χ1) is 12.4. The van der Waals surface area contributed by atoms with Gasteiger partial charge >= 0.3 is 0 Å². The Hall–Kier alpha value is -3.40. The molecule has 0 aliphatic heterocycles. The zero-order valence-corrected chi connectivity index (χ0v) is 13.6. The lowest BCUT2D eigenvalue weighted by Gasteiger charge is -2.09. The van der Waals surface area contributed by atoms with Crippen molar-refractivity contribution in [3.8, 4) is 5.75 Å². The fraction of sp³-hybridized carbons (Fsp3) is 0.0476. The van der Waals surface area contributed by atoms with Crippen molar-refractivity contribution >= 4 is 17.2 Å². The second-order valence-corrected chi connectivity index (χ2v) is 5.63. The number of nitrogens with zero attached hydrogens (tertiary/aromatic N) is 3. The average molecular weight is 327 g/mol. The minimum absolute atomic E-state index is 0.527. The van der Waals surface area contributed by atoms with Crippen LogP contribution in [0.1, 0.15) is 11.1 Å². The molecule has 0 atom stereocenters. The van der Waals surface area contributed by atoms with Gasteiger partial charge in [-0.1, -0.05) is 54.6 Å². The van der Waals surface area contributed by atoms with Gasteiger partial charge in [-0.2, -0.15) is 5.10 Å². The standard InChI is InChI=1S/C21H17N3O/c1-2-8-17(9-3-1)15-25-21-13-7-4-10-18(21)14-23-24-16-22-19-11-5-6-12-20(19)24/h1-14,16H,15H2/b23-14-. The number of aromatic nitrogens is 2. The Balaban J connectivity index is 1.56. The SMILES string of the molecule is C(=N/n1cnc2ccccc21)/c1ccccc1OCc1ccccc1. The molecule has 0 bridgehead atoms. The van der Waals surface area contributed by atoms with Crippen LogP contribution in [0.15, 0.2) is 90.3 Å². The highest BCUT2D eigenvalue weighted by atomic mass is 16.5. The van der Waals surface area contributed by atoms with Crippen molar-refractivity contribution in [1.29, 1.82) is 0 Å². The Morgan fingerprint density at radius 1 is 0.880 bits per heavy atom. The predicted octanol–water partition coefficient (Wildman–Crippen LogP) is 4.50. The van der Waals surface area contributed by atoms with E-state index in [4.69, 9.17) is 4.74 Å². The Bertz CT molecular complexity index is 1010. The van der Waals surface area contributed by atoms with Gasteiger partial charge in [0.15, 0.2) is 0 Å². The van der Waals surface area contributed by atoms with Gasteiger partial charge < -0.3 is 4.74 Å². The number of rotatable bonds is 5. The van der Waals surface area contributed by atoms with Crippen LogP contribution in [0.4, 0.5) is 0 Å². The predicted molar refractivity (Wildman–Crippen MR) is 99.9 cm³/mol. The molecule has 0 saturated heterocycles. The summed E-state index contributed by atoms with van der Waals surface area (Å²) in [6.07, 6.45) is 3.52. The van der Waals surface area contributed by atoms with Crippen LogP contribution in [-0.2, 0) is 6.61 Å². The summed E-state index contributed by atoms with van der Waals surface area (Å²) in [5, 5.41) is 4.53.